The summed E-state index contributed by atoms with van der Waals surface area (Å²) in [5.41, 5.74) is 7.46. The van der Waals surface area contributed by atoms with Crippen LogP contribution in [-0.2, 0) is 0 Å². The maximum Gasteiger partial charge on any atom is 0.129 e. The van der Waals surface area contributed by atoms with Gasteiger partial charge in [0.05, 0.1) is 0 Å². The molecule has 0 bridgehead atoms. The van der Waals surface area contributed by atoms with Crippen molar-refractivity contribution in [1.29, 1.82) is 0 Å². The van der Waals surface area contributed by atoms with Crippen LogP contribution < -0.4 is 5.73 Å². The Morgan fingerprint density at radius 2 is 1.93 bits per heavy atom. The van der Waals surface area contributed by atoms with Gasteiger partial charge >= 0.3 is 0 Å². The first-order valence-electron chi connectivity index (χ1n) is 4.97. The summed E-state index contributed by atoms with van der Waals surface area (Å²) < 4.78 is 13.8. The van der Waals surface area contributed by atoms with E-state index in [0.717, 1.165) is 5.56 Å². The lowest BCUT2D eigenvalue weighted by Gasteiger charge is -2.06. The number of aryl methyl sites for hydroxylation is 1. The first-order chi connectivity index (χ1) is 6.46. The molecule has 2 N–H and O–H groups in total. The Morgan fingerprint density at radius 3 is 2.43 bits per heavy atom. The summed E-state index contributed by atoms with van der Waals surface area (Å²) in [4.78, 5) is 0. The van der Waals surface area contributed by atoms with Crippen molar-refractivity contribution < 1.29 is 4.39 Å². The average molecular weight is 193 g/mol. The molecular formula is C12H16FN. The van der Waals surface area contributed by atoms with Gasteiger partial charge in [0.25, 0.3) is 0 Å². The van der Waals surface area contributed by atoms with E-state index in [4.69, 9.17) is 5.73 Å². The molecular weight excluding hydrogens is 177 g/mol. The van der Waals surface area contributed by atoms with Crippen molar-refractivity contribution in [2.24, 2.45) is 11.1 Å². The molecule has 1 aliphatic carbocycles. The summed E-state index contributed by atoms with van der Waals surface area (Å²) >= 11 is 0. The highest BCUT2D eigenvalue weighted by Crippen LogP contribution is 2.57. The van der Waals surface area contributed by atoms with Crippen molar-refractivity contribution in [1.82, 2.24) is 0 Å². The van der Waals surface area contributed by atoms with Crippen LogP contribution in [0.5, 0.6) is 0 Å². The van der Waals surface area contributed by atoms with E-state index in [1.807, 2.05) is 12.1 Å². The molecule has 14 heavy (non-hydrogen) atoms. The number of rotatable bonds is 1. The molecule has 0 aliphatic heterocycles. The van der Waals surface area contributed by atoms with E-state index in [-0.39, 0.29) is 23.2 Å². The van der Waals surface area contributed by atoms with Crippen LogP contribution >= 0.6 is 0 Å². The molecule has 2 unspecified atom stereocenters. The Balaban J connectivity index is 2.40. The predicted molar refractivity (Wildman–Crippen MR) is 55.6 cm³/mol. The number of nitrogens with two attached hydrogens (primary N) is 1. The molecule has 2 heteroatoms. The van der Waals surface area contributed by atoms with E-state index in [1.54, 1.807) is 13.0 Å². The Morgan fingerprint density at radius 1 is 1.36 bits per heavy atom. The van der Waals surface area contributed by atoms with E-state index in [1.165, 1.54) is 0 Å². The van der Waals surface area contributed by atoms with Gasteiger partial charge in [-0.15, -0.1) is 0 Å². The molecule has 0 spiro atoms. The van der Waals surface area contributed by atoms with Crippen LogP contribution in [0.15, 0.2) is 18.2 Å². The van der Waals surface area contributed by atoms with Crippen molar-refractivity contribution in [3.63, 3.8) is 0 Å². The third-order valence-electron chi connectivity index (χ3n) is 3.47. The topological polar surface area (TPSA) is 26.0 Å². The van der Waals surface area contributed by atoms with Crippen molar-refractivity contribution in [2.75, 3.05) is 0 Å². The van der Waals surface area contributed by atoms with Gasteiger partial charge in [0.1, 0.15) is 5.82 Å². The third-order valence-corrected chi connectivity index (χ3v) is 3.47. The highest BCUT2D eigenvalue weighted by atomic mass is 19.1. The van der Waals surface area contributed by atoms with Crippen molar-refractivity contribution in [3.8, 4) is 0 Å². The van der Waals surface area contributed by atoms with Gasteiger partial charge in [-0.25, -0.2) is 4.39 Å². The number of halogens is 1. The van der Waals surface area contributed by atoms with Gasteiger partial charge in [-0.05, 0) is 23.5 Å². The van der Waals surface area contributed by atoms with Gasteiger partial charge < -0.3 is 5.73 Å². The monoisotopic (exact) mass is 193 g/mol. The third kappa shape index (κ3) is 1.17. The van der Waals surface area contributed by atoms with E-state index in [0.29, 0.717) is 5.56 Å². The summed E-state index contributed by atoms with van der Waals surface area (Å²) in [7, 11) is 0. The molecule has 1 fully saturated rings. The smallest absolute Gasteiger partial charge is 0.129 e. The maximum absolute atomic E-state index is 13.8. The normalized spacial score (nSPS) is 28.9. The van der Waals surface area contributed by atoms with Crippen LogP contribution in [0.2, 0.25) is 0 Å². The van der Waals surface area contributed by atoms with Gasteiger partial charge in [0.2, 0.25) is 0 Å². The molecule has 1 aromatic carbocycles. The SMILES string of the molecule is Cc1cccc(C2C(N)C2(C)C)c1F. The zero-order valence-corrected chi connectivity index (χ0v) is 8.84. The van der Waals surface area contributed by atoms with E-state index in [9.17, 15) is 4.39 Å². The lowest BCUT2D eigenvalue weighted by molar-refractivity contribution is 0.567. The van der Waals surface area contributed by atoms with Gasteiger partial charge in [0.15, 0.2) is 0 Å². The fourth-order valence-electron chi connectivity index (χ4n) is 2.18. The van der Waals surface area contributed by atoms with Crippen molar-refractivity contribution >= 4 is 0 Å². The largest absolute Gasteiger partial charge is 0.327 e. The molecule has 0 amide bonds. The minimum absolute atomic E-state index is 0.0502. The van der Waals surface area contributed by atoms with Crippen molar-refractivity contribution in [3.05, 3.63) is 35.1 Å². The molecule has 76 valence electrons. The summed E-state index contributed by atoms with van der Waals surface area (Å²) in [6.45, 7) is 5.97. The second-order valence-electron chi connectivity index (χ2n) is 4.80. The molecule has 2 atom stereocenters. The highest BCUT2D eigenvalue weighted by molar-refractivity contribution is 5.37. The van der Waals surface area contributed by atoms with Gasteiger partial charge in [-0.2, -0.15) is 0 Å². The Hall–Kier alpha value is -0.890. The first kappa shape index (κ1) is 9.66. The lowest BCUT2D eigenvalue weighted by atomic mass is 10.0. The van der Waals surface area contributed by atoms with Crippen LogP contribution in [0.4, 0.5) is 4.39 Å². The molecule has 0 radical (unpaired) electrons. The predicted octanol–water partition coefficient (Wildman–Crippen LogP) is 2.58. The van der Waals surface area contributed by atoms with Crippen LogP contribution in [0.1, 0.15) is 30.9 Å². The Labute approximate surface area is 84.1 Å². The minimum atomic E-state index is -0.0847. The Kier molecular flexibility index (Phi) is 1.93. The summed E-state index contributed by atoms with van der Waals surface area (Å²) in [5.74, 6) is 0.0981. The minimum Gasteiger partial charge on any atom is -0.327 e. The second-order valence-corrected chi connectivity index (χ2v) is 4.80. The standard InChI is InChI=1S/C12H16FN/c1-7-5-4-6-8(10(7)13)9-11(14)12(9,2)3/h4-6,9,11H,14H2,1-3H3. The molecule has 1 aromatic rings. The van der Waals surface area contributed by atoms with Gasteiger partial charge in [-0.1, -0.05) is 32.0 Å². The zero-order chi connectivity index (χ0) is 10.5. The zero-order valence-electron chi connectivity index (χ0n) is 8.84. The van der Waals surface area contributed by atoms with Crippen LogP contribution in [0, 0.1) is 18.2 Å². The van der Waals surface area contributed by atoms with Crippen molar-refractivity contribution in [2.45, 2.75) is 32.7 Å². The second kappa shape index (κ2) is 2.80. The van der Waals surface area contributed by atoms with E-state index >= 15 is 0 Å². The number of hydrogen-bond acceptors (Lipinski definition) is 1. The molecule has 2 rings (SSSR count). The summed E-state index contributed by atoms with van der Waals surface area (Å²) in [6.07, 6.45) is 0. The fourth-order valence-corrected chi connectivity index (χ4v) is 2.18. The lowest BCUT2D eigenvalue weighted by Crippen LogP contribution is -2.06. The molecule has 0 aromatic heterocycles. The number of hydrogen-bond donors (Lipinski definition) is 1. The first-order valence-corrected chi connectivity index (χ1v) is 4.97. The number of benzene rings is 1. The van der Waals surface area contributed by atoms with Crippen LogP contribution in [0.3, 0.4) is 0 Å². The molecule has 1 saturated carbocycles. The average Bonchev–Trinajstić information content (AvgIpc) is 2.59. The maximum atomic E-state index is 13.8. The van der Waals surface area contributed by atoms with Gasteiger partial charge in [0, 0.05) is 12.0 Å². The van der Waals surface area contributed by atoms with Crippen LogP contribution in [-0.4, -0.2) is 6.04 Å². The molecule has 0 heterocycles. The molecule has 0 saturated heterocycles. The van der Waals surface area contributed by atoms with Gasteiger partial charge in [-0.3, -0.25) is 0 Å². The quantitative estimate of drug-likeness (QED) is 0.729. The molecule has 1 nitrogen and oxygen atoms in total. The van der Waals surface area contributed by atoms with E-state index in [2.05, 4.69) is 13.8 Å². The Bertz CT molecular complexity index is 371. The van der Waals surface area contributed by atoms with E-state index < -0.39 is 0 Å². The summed E-state index contributed by atoms with van der Waals surface area (Å²) in [5, 5.41) is 0. The molecule has 1 aliphatic rings. The summed E-state index contributed by atoms with van der Waals surface area (Å²) in [6, 6.07) is 5.63. The fraction of sp³-hybridized carbons (Fsp3) is 0.500. The highest BCUT2D eigenvalue weighted by Gasteiger charge is 2.57. The van der Waals surface area contributed by atoms with Crippen LogP contribution in [0.25, 0.3) is 0 Å².